The minimum absolute atomic E-state index is 0.0297. The standard InChI is InChI=1S/C22H16N2O3/c25-21(16-8-2-1-3-9-16)17-10-6-7-15(13-17)14-24-19-12-5-4-11-18(19)20(23-24)22(26)27/h1-13H,14H2,(H,26,27). The van der Waals surface area contributed by atoms with Crippen LogP contribution in [0.4, 0.5) is 0 Å². The molecule has 0 saturated heterocycles. The summed E-state index contributed by atoms with van der Waals surface area (Å²) >= 11 is 0. The molecule has 0 aliphatic rings. The Balaban J connectivity index is 1.69. The van der Waals surface area contributed by atoms with E-state index in [1.165, 1.54) is 0 Å². The average Bonchev–Trinajstić information content (AvgIpc) is 3.07. The van der Waals surface area contributed by atoms with Crippen molar-refractivity contribution in [2.24, 2.45) is 0 Å². The van der Waals surface area contributed by atoms with E-state index in [1.54, 1.807) is 35.0 Å². The van der Waals surface area contributed by atoms with Crippen LogP contribution in [0.5, 0.6) is 0 Å². The Kier molecular flexibility index (Phi) is 4.26. The van der Waals surface area contributed by atoms with Crippen LogP contribution >= 0.6 is 0 Å². The first-order valence-corrected chi connectivity index (χ1v) is 8.51. The summed E-state index contributed by atoms with van der Waals surface area (Å²) in [5.41, 5.74) is 2.87. The molecule has 0 atom stereocenters. The van der Waals surface area contributed by atoms with E-state index in [4.69, 9.17) is 0 Å². The fourth-order valence-corrected chi connectivity index (χ4v) is 3.15. The molecular formula is C22H16N2O3. The number of carboxylic acid groups (broad SMARTS) is 1. The maximum atomic E-state index is 12.7. The summed E-state index contributed by atoms with van der Waals surface area (Å²) in [6.45, 7) is 0.379. The Hall–Kier alpha value is -3.73. The Labute approximate surface area is 155 Å². The first-order valence-electron chi connectivity index (χ1n) is 8.51. The van der Waals surface area contributed by atoms with Gasteiger partial charge in [-0.3, -0.25) is 9.48 Å². The minimum Gasteiger partial charge on any atom is -0.476 e. The highest BCUT2D eigenvalue weighted by Gasteiger charge is 2.16. The molecule has 0 aliphatic heterocycles. The van der Waals surface area contributed by atoms with Crippen LogP contribution in [0.25, 0.3) is 10.9 Å². The number of rotatable bonds is 5. The molecule has 5 nitrogen and oxygen atoms in total. The van der Waals surface area contributed by atoms with Gasteiger partial charge in [-0.1, -0.05) is 66.7 Å². The van der Waals surface area contributed by atoms with Crippen LogP contribution in [-0.2, 0) is 6.54 Å². The Morgan fingerprint density at radius 1 is 0.852 bits per heavy atom. The van der Waals surface area contributed by atoms with Crippen LogP contribution in [0.3, 0.4) is 0 Å². The van der Waals surface area contributed by atoms with Crippen molar-refractivity contribution in [3.05, 3.63) is 101 Å². The van der Waals surface area contributed by atoms with Gasteiger partial charge in [0.05, 0.1) is 12.1 Å². The number of hydrogen-bond donors (Lipinski definition) is 1. The Morgan fingerprint density at radius 3 is 2.33 bits per heavy atom. The lowest BCUT2D eigenvalue weighted by atomic mass is 10.0. The highest BCUT2D eigenvalue weighted by atomic mass is 16.4. The topological polar surface area (TPSA) is 72.2 Å². The van der Waals surface area contributed by atoms with Gasteiger partial charge in [0.1, 0.15) is 0 Å². The van der Waals surface area contributed by atoms with E-state index in [2.05, 4.69) is 5.10 Å². The van der Waals surface area contributed by atoms with Gasteiger partial charge in [-0.05, 0) is 17.7 Å². The molecular weight excluding hydrogens is 340 g/mol. The monoisotopic (exact) mass is 356 g/mol. The summed E-state index contributed by atoms with van der Waals surface area (Å²) < 4.78 is 1.66. The van der Waals surface area contributed by atoms with Gasteiger partial charge in [-0.15, -0.1) is 0 Å². The van der Waals surface area contributed by atoms with Crippen LogP contribution in [0, 0.1) is 0 Å². The quantitative estimate of drug-likeness (QED) is 0.548. The number of benzene rings is 3. The highest BCUT2D eigenvalue weighted by molar-refractivity contribution is 6.09. The van der Waals surface area contributed by atoms with Crippen LogP contribution in [0.15, 0.2) is 78.9 Å². The number of hydrogen-bond acceptors (Lipinski definition) is 3. The molecule has 3 aromatic carbocycles. The smallest absolute Gasteiger partial charge is 0.357 e. The number of aromatic nitrogens is 2. The van der Waals surface area contributed by atoms with Gasteiger partial charge in [0.2, 0.25) is 0 Å². The van der Waals surface area contributed by atoms with E-state index in [0.717, 1.165) is 11.1 Å². The second kappa shape index (κ2) is 6.88. The zero-order chi connectivity index (χ0) is 18.8. The molecule has 0 radical (unpaired) electrons. The molecule has 0 fully saturated rings. The van der Waals surface area contributed by atoms with Crippen LogP contribution in [-0.4, -0.2) is 26.6 Å². The van der Waals surface area contributed by atoms with Gasteiger partial charge in [-0.25, -0.2) is 4.79 Å². The van der Waals surface area contributed by atoms with Crippen molar-refractivity contribution >= 4 is 22.7 Å². The van der Waals surface area contributed by atoms with Crippen molar-refractivity contribution in [1.29, 1.82) is 0 Å². The number of carbonyl (C=O) groups excluding carboxylic acids is 1. The molecule has 0 saturated carbocycles. The molecule has 1 aromatic heterocycles. The zero-order valence-electron chi connectivity index (χ0n) is 14.4. The summed E-state index contributed by atoms with van der Waals surface area (Å²) in [7, 11) is 0. The summed E-state index contributed by atoms with van der Waals surface area (Å²) in [6.07, 6.45) is 0. The fourth-order valence-electron chi connectivity index (χ4n) is 3.15. The largest absolute Gasteiger partial charge is 0.476 e. The number of carboxylic acids is 1. The van der Waals surface area contributed by atoms with Crippen LogP contribution in [0.2, 0.25) is 0 Å². The Morgan fingerprint density at radius 2 is 1.56 bits per heavy atom. The molecule has 0 unspecified atom stereocenters. The number of carbonyl (C=O) groups is 2. The van der Waals surface area contributed by atoms with E-state index in [9.17, 15) is 14.7 Å². The molecule has 5 heteroatoms. The molecule has 1 N–H and O–H groups in total. The third-order valence-electron chi connectivity index (χ3n) is 4.42. The second-order valence-electron chi connectivity index (χ2n) is 6.22. The lowest BCUT2D eigenvalue weighted by molar-refractivity contribution is 0.0691. The van der Waals surface area contributed by atoms with Gasteiger partial charge >= 0.3 is 5.97 Å². The van der Waals surface area contributed by atoms with Crippen molar-refractivity contribution in [2.45, 2.75) is 6.54 Å². The van der Waals surface area contributed by atoms with Crippen molar-refractivity contribution in [1.82, 2.24) is 9.78 Å². The second-order valence-corrected chi connectivity index (χ2v) is 6.22. The minimum atomic E-state index is -1.06. The normalized spacial score (nSPS) is 10.8. The number of fused-ring (bicyclic) bond motifs is 1. The third kappa shape index (κ3) is 3.22. The van der Waals surface area contributed by atoms with Crippen molar-refractivity contribution < 1.29 is 14.7 Å². The summed E-state index contributed by atoms with van der Waals surface area (Å²) in [6, 6.07) is 23.7. The fraction of sp³-hybridized carbons (Fsp3) is 0.0455. The van der Waals surface area contributed by atoms with Crippen molar-refractivity contribution in [3.63, 3.8) is 0 Å². The number of ketones is 1. The van der Waals surface area contributed by atoms with Gasteiger partial charge in [0.15, 0.2) is 11.5 Å². The van der Waals surface area contributed by atoms with Crippen LogP contribution < -0.4 is 0 Å². The molecule has 0 bridgehead atoms. The third-order valence-corrected chi connectivity index (χ3v) is 4.42. The first kappa shape index (κ1) is 16.7. The van der Waals surface area contributed by atoms with E-state index in [-0.39, 0.29) is 11.5 Å². The Bertz CT molecular complexity index is 1150. The molecule has 4 aromatic rings. The van der Waals surface area contributed by atoms with E-state index in [0.29, 0.717) is 23.1 Å². The SMILES string of the molecule is O=C(c1ccccc1)c1cccc(Cn2nc(C(=O)O)c3ccccc32)c1. The van der Waals surface area contributed by atoms with E-state index < -0.39 is 5.97 Å². The first-order chi connectivity index (χ1) is 13.1. The van der Waals surface area contributed by atoms with E-state index in [1.807, 2.05) is 48.5 Å². The van der Waals surface area contributed by atoms with Gasteiger partial charge in [0, 0.05) is 16.5 Å². The molecule has 4 rings (SSSR count). The maximum absolute atomic E-state index is 12.7. The molecule has 1 heterocycles. The van der Waals surface area contributed by atoms with Crippen molar-refractivity contribution in [2.75, 3.05) is 0 Å². The van der Waals surface area contributed by atoms with Crippen molar-refractivity contribution in [3.8, 4) is 0 Å². The number of para-hydroxylation sites is 1. The highest BCUT2D eigenvalue weighted by Crippen LogP contribution is 2.20. The summed E-state index contributed by atoms with van der Waals surface area (Å²) in [5, 5.41) is 14.2. The maximum Gasteiger partial charge on any atom is 0.357 e. The van der Waals surface area contributed by atoms with Gasteiger partial charge < -0.3 is 5.11 Å². The average molecular weight is 356 g/mol. The van der Waals surface area contributed by atoms with Gasteiger partial charge in [0.25, 0.3) is 0 Å². The predicted octanol–water partition coefficient (Wildman–Crippen LogP) is 4.01. The van der Waals surface area contributed by atoms with E-state index >= 15 is 0 Å². The molecule has 27 heavy (non-hydrogen) atoms. The predicted molar refractivity (Wildman–Crippen MR) is 102 cm³/mol. The number of aromatic carboxylic acids is 1. The summed E-state index contributed by atoms with van der Waals surface area (Å²) in [5.74, 6) is -1.10. The molecule has 132 valence electrons. The molecule has 0 aliphatic carbocycles. The lowest BCUT2D eigenvalue weighted by Crippen LogP contribution is -2.06. The zero-order valence-corrected chi connectivity index (χ0v) is 14.4. The summed E-state index contributed by atoms with van der Waals surface area (Å²) in [4.78, 5) is 24.1. The van der Waals surface area contributed by atoms with Gasteiger partial charge in [-0.2, -0.15) is 5.10 Å². The molecule has 0 spiro atoms. The molecule has 0 amide bonds. The lowest BCUT2D eigenvalue weighted by Gasteiger charge is -2.07. The number of nitrogens with zero attached hydrogens (tertiary/aromatic N) is 2. The van der Waals surface area contributed by atoms with Crippen LogP contribution in [0.1, 0.15) is 32.0 Å².